The van der Waals surface area contributed by atoms with E-state index in [1.54, 1.807) is 0 Å². The first-order chi connectivity index (χ1) is 48.0. The highest BCUT2D eigenvalue weighted by Crippen LogP contribution is 2.63. The summed E-state index contributed by atoms with van der Waals surface area (Å²) in [5, 5.41) is 0. The van der Waals surface area contributed by atoms with Crippen molar-refractivity contribution in [3.63, 3.8) is 0 Å². The second kappa shape index (κ2) is 22.9. The number of aromatic nitrogens is 6. The number of hydrogen-bond donors (Lipinski definition) is 0. The van der Waals surface area contributed by atoms with Crippen molar-refractivity contribution in [3.05, 3.63) is 301 Å². The normalized spacial score (nSPS) is 13.6. The van der Waals surface area contributed by atoms with Gasteiger partial charge in [-0.2, -0.15) is 19.9 Å². The van der Waals surface area contributed by atoms with E-state index in [4.69, 9.17) is 58.3 Å². The second-order valence-electron chi connectivity index (χ2n) is 25.5. The fourth-order valence-electron chi connectivity index (χ4n) is 13.8. The lowest BCUT2D eigenvalue weighted by molar-refractivity contribution is 0.392. The van der Waals surface area contributed by atoms with Crippen molar-refractivity contribution in [3.8, 4) is 126 Å². The molecular weight excluding hydrogens is 1220 g/mol. The van der Waals surface area contributed by atoms with Crippen molar-refractivity contribution >= 4 is 34.1 Å². The zero-order chi connectivity index (χ0) is 65.6. The van der Waals surface area contributed by atoms with Crippen LogP contribution in [0.15, 0.2) is 279 Å². The third-order valence-electron chi connectivity index (χ3n) is 18.6. The first kappa shape index (κ1) is 57.7. The van der Waals surface area contributed by atoms with Gasteiger partial charge in [0.2, 0.25) is 0 Å². The maximum absolute atomic E-state index is 7.01. The van der Waals surface area contributed by atoms with Gasteiger partial charge in [0.15, 0.2) is 69.3 Å². The van der Waals surface area contributed by atoms with E-state index in [0.717, 1.165) is 50.4 Å². The molecule has 0 unspecified atom stereocenters. The molecule has 0 aliphatic carbocycles. The molecular formula is C84H58N8O6. The maximum Gasteiger partial charge on any atom is 0.326 e. The highest BCUT2D eigenvalue weighted by molar-refractivity contribution is 5.96. The zero-order valence-electron chi connectivity index (χ0n) is 53.6. The van der Waals surface area contributed by atoms with Gasteiger partial charge < -0.3 is 33.3 Å². The van der Waals surface area contributed by atoms with Crippen LogP contribution in [-0.4, -0.2) is 29.9 Å². The number of anilines is 6. The van der Waals surface area contributed by atoms with Crippen LogP contribution < -0.4 is 38.2 Å². The summed E-state index contributed by atoms with van der Waals surface area (Å²) in [6, 6.07) is 92.6. The molecule has 470 valence electrons. The Morgan fingerprint density at radius 2 is 0.622 bits per heavy atom. The molecule has 14 aromatic rings. The maximum atomic E-state index is 7.01. The van der Waals surface area contributed by atoms with E-state index in [2.05, 4.69) is 128 Å². The summed E-state index contributed by atoms with van der Waals surface area (Å²) in [7, 11) is 0. The summed E-state index contributed by atoms with van der Waals surface area (Å²) in [6.07, 6.45) is 0. The molecule has 6 heterocycles. The summed E-state index contributed by atoms with van der Waals surface area (Å²) in [5.41, 5.74) is 15.3. The number of rotatable bonds is 13. The Balaban J connectivity index is 0.647. The molecule has 0 saturated carbocycles. The summed E-state index contributed by atoms with van der Waals surface area (Å²) in [4.78, 5) is 34.0. The molecule has 14 heteroatoms. The van der Waals surface area contributed by atoms with Gasteiger partial charge in [-0.1, -0.05) is 222 Å². The third kappa shape index (κ3) is 9.95. The summed E-state index contributed by atoms with van der Waals surface area (Å²) < 4.78 is 40.6. The zero-order valence-corrected chi connectivity index (χ0v) is 53.6. The molecule has 0 atom stereocenters. The van der Waals surface area contributed by atoms with Gasteiger partial charge in [-0.05, 0) is 106 Å². The minimum Gasteiger partial charge on any atom is -0.453 e. The second-order valence-corrected chi connectivity index (χ2v) is 25.5. The summed E-state index contributed by atoms with van der Waals surface area (Å²) >= 11 is 0. The van der Waals surface area contributed by atoms with Crippen molar-refractivity contribution < 1.29 is 28.4 Å². The quantitative estimate of drug-likeness (QED) is 0.108. The molecule has 12 aromatic carbocycles. The van der Waals surface area contributed by atoms with Crippen molar-refractivity contribution in [2.45, 2.75) is 38.5 Å². The lowest BCUT2D eigenvalue weighted by Crippen LogP contribution is -2.38. The van der Waals surface area contributed by atoms with Crippen LogP contribution in [0.3, 0.4) is 0 Å². The fourth-order valence-corrected chi connectivity index (χ4v) is 13.8. The van der Waals surface area contributed by atoms with Gasteiger partial charge in [0, 0.05) is 45.2 Å². The Morgan fingerprint density at radius 1 is 0.265 bits per heavy atom. The summed E-state index contributed by atoms with van der Waals surface area (Å²) in [5.74, 6) is 7.14. The number of para-hydroxylation sites is 8. The Morgan fingerprint density at radius 3 is 1.11 bits per heavy atom. The largest absolute Gasteiger partial charge is 0.453 e. The van der Waals surface area contributed by atoms with Crippen LogP contribution in [0.4, 0.5) is 34.1 Å². The molecule has 0 fully saturated rings. The van der Waals surface area contributed by atoms with E-state index in [-0.39, 0.29) is 22.9 Å². The molecule has 0 saturated heterocycles. The SMILES string of the molecule is CC1(C)c2ccccc2N2c3ccccc3C(C)(C)c3cc(Oc4ccccc4Oc4nc(-c5ccccc5)nc(-c5ccc(-c6ccc7c(c6)Oc6cc(Oc8ccccc8Oc8nc(-c9ccccc9)nc(-c9ccccc9)n8)cc8c6N7c6ccccc6O8)cc5)n4)cc1c32. The van der Waals surface area contributed by atoms with Crippen LogP contribution in [0, 0.1) is 0 Å². The lowest BCUT2D eigenvalue weighted by atomic mass is 9.66. The molecule has 0 N–H and O–H groups in total. The van der Waals surface area contributed by atoms with Crippen LogP contribution in [-0.2, 0) is 10.8 Å². The average Bonchev–Trinajstić information content (AvgIpc) is 0.683. The average molecular weight is 1280 g/mol. The molecule has 0 amide bonds. The molecule has 4 aliphatic rings. The first-order valence-corrected chi connectivity index (χ1v) is 32.5. The number of hydrogen-bond acceptors (Lipinski definition) is 14. The molecule has 14 nitrogen and oxygen atoms in total. The monoisotopic (exact) mass is 1270 g/mol. The van der Waals surface area contributed by atoms with Gasteiger partial charge in [-0.25, -0.2) is 9.97 Å². The molecule has 2 aromatic heterocycles. The standard InChI is InChI=1S/C84H58N8O6/c1-83(2)59-30-14-16-32-63(59)91-64-33-17-15-31-60(64)84(3,4)62-48-57(47-61(83)75(62)91)93-68-36-20-22-38-70(68)97-82-89-79(54-28-12-7-13-29-54)86-80(90-82)55-42-40-51(41-43-55)56-44-45-66-72(46-56)96-74-50-58(49-73-76(74)92(66)65-34-18-19-35-67(65)95-73)94-69-37-21-23-39-71(69)98-81-87-77(52-24-8-5-9-25-52)85-78(88-81)53-26-10-6-11-27-53/h5-50H,1-4H3. The van der Waals surface area contributed by atoms with E-state index >= 15 is 0 Å². The minimum absolute atomic E-state index is 0.109. The number of ether oxygens (including phenoxy) is 6. The molecule has 4 aliphatic heterocycles. The Labute approximate surface area is 565 Å². The van der Waals surface area contributed by atoms with Crippen molar-refractivity contribution in [1.29, 1.82) is 0 Å². The summed E-state index contributed by atoms with van der Waals surface area (Å²) in [6.45, 7) is 9.22. The number of nitrogens with zero attached hydrogens (tertiary/aromatic N) is 8. The van der Waals surface area contributed by atoms with Crippen LogP contribution in [0.25, 0.3) is 56.7 Å². The predicted octanol–water partition coefficient (Wildman–Crippen LogP) is 22.0. The number of fused-ring (bicyclic) bond motifs is 8. The first-order valence-electron chi connectivity index (χ1n) is 32.5. The fraction of sp³-hybridized carbons (Fsp3) is 0.0714. The topological polar surface area (TPSA) is 139 Å². The molecule has 98 heavy (non-hydrogen) atoms. The van der Waals surface area contributed by atoms with Crippen LogP contribution in [0.2, 0.25) is 0 Å². The van der Waals surface area contributed by atoms with E-state index in [9.17, 15) is 0 Å². The molecule has 0 bridgehead atoms. The minimum atomic E-state index is -0.343. The Kier molecular flexibility index (Phi) is 13.5. The Hall–Kier alpha value is -12.9. The third-order valence-corrected chi connectivity index (χ3v) is 18.6. The van der Waals surface area contributed by atoms with Crippen LogP contribution in [0.1, 0.15) is 49.9 Å². The molecule has 0 spiro atoms. The van der Waals surface area contributed by atoms with E-state index < -0.39 is 0 Å². The van der Waals surface area contributed by atoms with Gasteiger partial charge in [0.1, 0.15) is 17.2 Å². The van der Waals surface area contributed by atoms with Gasteiger partial charge in [0.05, 0.1) is 28.4 Å². The van der Waals surface area contributed by atoms with Gasteiger partial charge in [-0.15, -0.1) is 0 Å². The highest BCUT2D eigenvalue weighted by Gasteiger charge is 2.46. The molecule has 0 radical (unpaired) electrons. The Bertz CT molecular complexity index is 5360. The highest BCUT2D eigenvalue weighted by atomic mass is 16.5. The van der Waals surface area contributed by atoms with Gasteiger partial charge in [-0.3, -0.25) is 4.90 Å². The van der Waals surface area contributed by atoms with E-state index in [1.807, 2.05) is 188 Å². The smallest absolute Gasteiger partial charge is 0.326 e. The molecule has 18 rings (SSSR count). The van der Waals surface area contributed by atoms with Crippen molar-refractivity contribution in [1.82, 2.24) is 29.9 Å². The predicted molar refractivity (Wildman–Crippen MR) is 380 cm³/mol. The number of benzene rings is 12. The van der Waals surface area contributed by atoms with Gasteiger partial charge in [0.25, 0.3) is 0 Å². The van der Waals surface area contributed by atoms with Gasteiger partial charge >= 0.3 is 12.0 Å². The van der Waals surface area contributed by atoms with E-state index in [0.29, 0.717) is 80.8 Å². The van der Waals surface area contributed by atoms with Crippen molar-refractivity contribution in [2.75, 3.05) is 9.80 Å². The van der Waals surface area contributed by atoms with Crippen molar-refractivity contribution in [2.24, 2.45) is 0 Å². The lowest BCUT2D eigenvalue weighted by Gasteiger charge is -2.49. The van der Waals surface area contributed by atoms with Crippen LogP contribution in [0.5, 0.6) is 69.5 Å². The van der Waals surface area contributed by atoms with Crippen LogP contribution >= 0.6 is 0 Å². The van der Waals surface area contributed by atoms with E-state index in [1.165, 1.54) is 39.3 Å².